The Morgan fingerprint density at radius 3 is 2.58 bits per heavy atom. The maximum absolute atomic E-state index is 12.3. The van der Waals surface area contributed by atoms with Crippen molar-refractivity contribution < 1.29 is 4.79 Å². The molecule has 0 saturated carbocycles. The molecule has 6 nitrogen and oxygen atoms in total. The van der Waals surface area contributed by atoms with E-state index < -0.39 is 0 Å². The van der Waals surface area contributed by atoms with Crippen molar-refractivity contribution >= 4 is 44.1 Å². The van der Waals surface area contributed by atoms with Gasteiger partial charge < -0.3 is 15.5 Å². The molecule has 162 valence electrons. The molecule has 0 bridgehead atoms. The van der Waals surface area contributed by atoms with E-state index >= 15 is 0 Å². The standard InChI is InChI=1S/C23H26BrN5OS/c1-16(18-4-6-19(24)7-5-18)21-15-31-23(27-21)28-22(30)26-14-17-2-8-20(9-3-17)29-12-10-25-11-13-29/h2-9,15-16,25H,10-14H2,1H3,(H2,26,27,28,30). The number of carbonyl (C=O) groups is 1. The number of hydrogen-bond donors (Lipinski definition) is 3. The van der Waals surface area contributed by atoms with Crippen LogP contribution in [0, 0.1) is 0 Å². The predicted octanol–water partition coefficient (Wildman–Crippen LogP) is 4.79. The van der Waals surface area contributed by atoms with Crippen LogP contribution in [-0.4, -0.2) is 37.2 Å². The van der Waals surface area contributed by atoms with Crippen LogP contribution in [0.1, 0.15) is 29.7 Å². The number of urea groups is 1. The van der Waals surface area contributed by atoms with Gasteiger partial charge in [-0.3, -0.25) is 5.32 Å². The number of hydrogen-bond acceptors (Lipinski definition) is 5. The smallest absolute Gasteiger partial charge is 0.321 e. The van der Waals surface area contributed by atoms with Gasteiger partial charge in [0.2, 0.25) is 0 Å². The molecule has 31 heavy (non-hydrogen) atoms. The lowest BCUT2D eigenvalue weighted by Crippen LogP contribution is -2.43. The van der Waals surface area contributed by atoms with Crippen molar-refractivity contribution in [3.05, 3.63) is 75.2 Å². The Balaban J connectivity index is 1.27. The molecule has 2 amide bonds. The zero-order valence-electron chi connectivity index (χ0n) is 17.4. The largest absolute Gasteiger partial charge is 0.369 e. The van der Waals surface area contributed by atoms with E-state index in [0.29, 0.717) is 11.7 Å². The van der Waals surface area contributed by atoms with E-state index in [1.165, 1.54) is 22.6 Å². The Morgan fingerprint density at radius 1 is 1.16 bits per heavy atom. The summed E-state index contributed by atoms with van der Waals surface area (Å²) in [5.74, 6) is 0.164. The third kappa shape index (κ3) is 5.84. The van der Waals surface area contributed by atoms with Gasteiger partial charge in [-0.05, 0) is 35.4 Å². The van der Waals surface area contributed by atoms with Gasteiger partial charge in [-0.2, -0.15) is 0 Å². The van der Waals surface area contributed by atoms with Gasteiger partial charge in [0, 0.05) is 54.2 Å². The summed E-state index contributed by atoms with van der Waals surface area (Å²) in [5, 5.41) is 11.7. The first-order valence-corrected chi connectivity index (χ1v) is 12.1. The van der Waals surface area contributed by atoms with Gasteiger partial charge in [0.1, 0.15) is 0 Å². The zero-order valence-corrected chi connectivity index (χ0v) is 19.8. The van der Waals surface area contributed by atoms with Crippen LogP contribution in [0.3, 0.4) is 0 Å². The van der Waals surface area contributed by atoms with Crippen LogP contribution < -0.4 is 20.9 Å². The molecule has 2 aromatic carbocycles. The first-order chi connectivity index (χ1) is 15.1. The number of halogens is 1. The topological polar surface area (TPSA) is 69.3 Å². The van der Waals surface area contributed by atoms with Crippen molar-refractivity contribution in [1.82, 2.24) is 15.6 Å². The van der Waals surface area contributed by atoms with E-state index in [1.807, 2.05) is 17.5 Å². The molecule has 1 aromatic heterocycles. The van der Waals surface area contributed by atoms with E-state index in [9.17, 15) is 4.79 Å². The Labute approximate surface area is 195 Å². The monoisotopic (exact) mass is 499 g/mol. The van der Waals surface area contributed by atoms with Crippen molar-refractivity contribution in [3.8, 4) is 0 Å². The van der Waals surface area contributed by atoms with Crippen LogP contribution in [0.5, 0.6) is 0 Å². The lowest BCUT2D eigenvalue weighted by molar-refractivity contribution is 0.251. The molecule has 0 spiro atoms. The summed E-state index contributed by atoms with van der Waals surface area (Å²) in [6.45, 7) is 6.67. The first kappa shape index (κ1) is 21.8. The van der Waals surface area contributed by atoms with Crippen LogP contribution in [0.15, 0.2) is 58.4 Å². The third-order valence-corrected chi connectivity index (χ3v) is 6.73. The lowest BCUT2D eigenvalue weighted by Gasteiger charge is -2.29. The molecular weight excluding hydrogens is 474 g/mol. The molecule has 0 aliphatic carbocycles. The van der Waals surface area contributed by atoms with Gasteiger partial charge in [0.15, 0.2) is 5.13 Å². The van der Waals surface area contributed by atoms with Crippen LogP contribution in [0.4, 0.5) is 15.6 Å². The molecule has 3 N–H and O–H groups in total. The van der Waals surface area contributed by atoms with E-state index in [4.69, 9.17) is 0 Å². The second-order valence-electron chi connectivity index (χ2n) is 7.56. The molecule has 1 aliphatic heterocycles. The Kier molecular flexibility index (Phi) is 7.21. The molecule has 2 heterocycles. The van der Waals surface area contributed by atoms with Crippen molar-refractivity contribution in [1.29, 1.82) is 0 Å². The summed E-state index contributed by atoms with van der Waals surface area (Å²) < 4.78 is 1.05. The number of nitrogens with zero attached hydrogens (tertiary/aromatic N) is 2. The van der Waals surface area contributed by atoms with Crippen molar-refractivity contribution in [2.75, 3.05) is 36.4 Å². The van der Waals surface area contributed by atoms with Crippen molar-refractivity contribution in [2.24, 2.45) is 0 Å². The van der Waals surface area contributed by atoms with Crippen molar-refractivity contribution in [2.45, 2.75) is 19.4 Å². The highest BCUT2D eigenvalue weighted by Crippen LogP contribution is 2.28. The number of piperazine rings is 1. The zero-order chi connectivity index (χ0) is 21.6. The average Bonchev–Trinajstić information content (AvgIpc) is 3.27. The first-order valence-electron chi connectivity index (χ1n) is 10.4. The van der Waals surface area contributed by atoms with Crippen LogP contribution in [0.25, 0.3) is 0 Å². The highest BCUT2D eigenvalue weighted by molar-refractivity contribution is 9.10. The number of anilines is 2. The van der Waals surface area contributed by atoms with E-state index in [0.717, 1.165) is 41.9 Å². The molecule has 4 rings (SSSR count). The summed E-state index contributed by atoms with van der Waals surface area (Å²) in [6, 6.07) is 16.4. The predicted molar refractivity (Wildman–Crippen MR) is 131 cm³/mol. The van der Waals surface area contributed by atoms with Gasteiger partial charge >= 0.3 is 6.03 Å². The van der Waals surface area contributed by atoms with E-state index in [2.05, 4.69) is 85.1 Å². The fraction of sp³-hybridized carbons (Fsp3) is 0.304. The lowest BCUT2D eigenvalue weighted by atomic mass is 9.99. The van der Waals surface area contributed by atoms with Crippen LogP contribution >= 0.6 is 27.3 Å². The Bertz CT molecular complexity index is 1000. The fourth-order valence-corrected chi connectivity index (χ4v) is 4.60. The fourth-order valence-electron chi connectivity index (χ4n) is 3.54. The molecule has 1 unspecified atom stereocenters. The van der Waals surface area contributed by atoms with Gasteiger partial charge in [-0.1, -0.05) is 47.1 Å². The van der Waals surface area contributed by atoms with Gasteiger partial charge in [-0.15, -0.1) is 11.3 Å². The number of benzene rings is 2. The number of rotatable bonds is 6. The molecule has 8 heteroatoms. The van der Waals surface area contributed by atoms with Gasteiger partial charge in [-0.25, -0.2) is 9.78 Å². The highest BCUT2D eigenvalue weighted by atomic mass is 79.9. The SMILES string of the molecule is CC(c1ccc(Br)cc1)c1csc(NC(=O)NCc2ccc(N3CCNCC3)cc2)n1. The quantitative estimate of drug-likeness (QED) is 0.456. The maximum atomic E-state index is 12.3. The third-order valence-electron chi connectivity index (χ3n) is 5.43. The maximum Gasteiger partial charge on any atom is 0.321 e. The minimum atomic E-state index is -0.247. The number of thiazole rings is 1. The molecular formula is C23H26BrN5OS. The van der Waals surface area contributed by atoms with Gasteiger partial charge in [0.25, 0.3) is 0 Å². The molecule has 1 saturated heterocycles. The van der Waals surface area contributed by atoms with E-state index in [1.54, 1.807) is 0 Å². The van der Waals surface area contributed by atoms with E-state index in [-0.39, 0.29) is 11.9 Å². The summed E-state index contributed by atoms with van der Waals surface area (Å²) in [4.78, 5) is 19.3. The second-order valence-corrected chi connectivity index (χ2v) is 9.34. The number of amides is 2. The molecule has 0 radical (unpaired) electrons. The molecule has 3 aromatic rings. The number of carbonyl (C=O) groups excluding carboxylic acids is 1. The number of aromatic nitrogens is 1. The Hall–Kier alpha value is -2.42. The second kappa shape index (κ2) is 10.3. The summed E-state index contributed by atoms with van der Waals surface area (Å²) >= 11 is 4.90. The summed E-state index contributed by atoms with van der Waals surface area (Å²) in [7, 11) is 0. The molecule has 1 atom stereocenters. The highest BCUT2D eigenvalue weighted by Gasteiger charge is 2.14. The normalized spacial score (nSPS) is 14.8. The summed E-state index contributed by atoms with van der Waals surface area (Å²) in [6.07, 6.45) is 0. The summed E-state index contributed by atoms with van der Waals surface area (Å²) in [5.41, 5.74) is 4.43. The number of nitrogens with one attached hydrogen (secondary N) is 3. The molecule has 1 fully saturated rings. The molecule has 1 aliphatic rings. The average molecular weight is 500 g/mol. The van der Waals surface area contributed by atoms with Crippen LogP contribution in [-0.2, 0) is 6.54 Å². The van der Waals surface area contributed by atoms with Crippen molar-refractivity contribution in [3.63, 3.8) is 0 Å². The Morgan fingerprint density at radius 2 is 1.87 bits per heavy atom. The van der Waals surface area contributed by atoms with Gasteiger partial charge in [0.05, 0.1) is 5.69 Å². The minimum absolute atomic E-state index is 0.164. The van der Waals surface area contributed by atoms with Crippen LogP contribution in [0.2, 0.25) is 0 Å². The minimum Gasteiger partial charge on any atom is -0.369 e.